The molecule has 1 saturated heterocycles. The lowest BCUT2D eigenvalue weighted by atomic mass is 10.2. The summed E-state index contributed by atoms with van der Waals surface area (Å²) in [6.45, 7) is 4.63. The number of pyridine rings is 1. The van der Waals surface area contributed by atoms with Crippen LogP contribution in [0.25, 0.3) is 16.7 Å². The minimum atomic E-state index is -4.78. The normalized spacial score (nSPS) is 16.4. The van der Waals surface area contributed by atoms with Crippen molar-refractivity contribution in [3.8, 4) is 11.4 Å². The van der Waals surface area contributed by atoms with Crippen LogP contribution in [0.1, 0.15) is 12.1 Å². The minimum absolute atomic E-state index is 0.0959. The molecule has 3 heterocycles. The number of benzene rings is 1. The molecule has 1 fully saturated rings. The highest BCUT2D eigenvalue weighted by Crippen LogP contribution is 2.33. The number of β-amino-alcohol motifs (C(OH)–C–C–N with tert-alkyl or cyclic N) is 1. The van der Waals surface area contributed by atoms with E-state index in [9.17, 15) is 23.1 Å². The van der Waals surface area contributed by atoms with Gasteiger partial charge in [-0.15, -0.1) is 13.2 Å². The van der Waals surface area contributed by atoms with Crippen molar-refractivity contribution in [3.63, 3.8) is 0 Å². The zero-order valence-electron chi connectivity index (χ0n) is 16.8. The van der Waals surface area contributed by atoms with Gasteiger partial charge in [0.2, 0.25) is 5.91 Å². The zero-order valence-corrected chi connectivity index (χ0v) is 16.8. The summed E-state index contributed by atoms with van der Waals surface area (Å²) in [4.78, 5) is 18.1. The molecular formula is C21H20F3N5O3. The topological polar surface area (TPSA) is 92.5 Å². The molecule has 0 aliphatic carbocycles. The molecule has 0 bridgehead atoms. The largest absolute Gasteiger partial charge is 0.573 e. The second-order valence-electron chi connectivity index (χ2n) is 7.24. The highest BCUT2D eigenvalue weighted by atomic mass is 19.4. The number of anilines is 1. The predicted octanol–water partition coefficient (Wildman–Crippen LogP) is 2.69. The smallest absolute Gasteiger partial charge is 0.406 e. The van der Waals surface area contributed by atoms with Crippen LogP contribution in [0.2, 0.25) is 0 Å². The fourth-order valence-corrected chi connectivity index (χ4v) is 3.66. The molecule has 2 aromatic heterocycles. The molecule has 1 amide bonds. The number of aromatic nitrogens is 3. The van der Waals surface area contributed by atoms with E-state index in [-0.39, 0.29) is 18.2 Å². The van der Waals surface area contributed by atoms with Gasteiger partial charge in [0.25, 0.3) is 0 Å². The lowest BCUT2D eigenvalue weighted by Crippen LogP contribution is -2.23. The molecule has 3 aromatic rings. The summed E-state index contributed by atoms with van der Waals surface area (Å²) in [5.41, 5.74) is 2.26. The number of carbonyl (C=O) groups is 1. The maximum absolute atomic E-state index is 12.5. The molecule has 4 rings (SSSR count). The third kappa shape index (κ3) is 4.52. The first-order valence-electron chi connectivity index (χ1n) is 9.81. The maximum Gasteiger partial charge on any atom is 0.573 e. The predicted molar refractivity (Wildman–Crippen MR) is 110 cm³/mol. The van der Waals surface area contributed by atoms with Crippen molar-refractivity contribution >= 4 is 22.6 Å². The number of hydrogen-bond donors (Lipinski definition) is 2. The molecule has 0 saturated carbocycles. The average molecular weight is 447 g/mol. The molecule has 0 spiro atoms. The number of nitrogens with one attached hydrogen (secondary N) is 1. The number of nitrogens with zero attached hydrogens (tertiary/aromatic N) is 4. The molecule has 0 unspecified atom stereocenters. The Morgan fingerprint density at radius 2 is 2.06 bits per heavy atom. The Labute approximate surface area is 180 Å². The first-order valence-corrected chi connectivity index (χ1v) is 9.81. The Kier molecular flexibility index (Phi) is 5.74. The van der Waals surface area contributed by atoms with E-state index >= 15 is 0 Å². The van der Waals surface area contributed by atoms with Gasteiger partial charge in [-0.25, -0.2) is 9.67 Å². The maximum atomic E-state index is 12.5. The van der Waals surface area contributed by atoms with E-state index in [0.29, 0.717) is 41.9 Å². The van der Waals surface area contributed by atoms with E-state index in [1.54, 1.807) is 6.20 Å². The van der Waals surface area contributed by atoms with Gasteiger partial charge in [-0.05, 0) is 42.8 Å². The Morgan fingerprint density at radius 3 is 2.69 bits per heavy atom. The Balaban J connectivity index is 1.77. The molecule has 2 N–H and O–H groups in total. The van der Waals surface area contributed by atoms with Gasteiger partial charge in [-0.3, -0.25) is 4.79 Å². The molecular weight excluding hydrogens is 427 g/mol. The quantitative estimate of drug-likeness (QED) is 0.565. The van der Waals surface area contributed by atoms with Gasteiger partial charge in [0, 0.05) is 19.3 Å². The second-order valence-corrected chi connectivity index (χ2v) is 7.24. The summed E-state index contributed by atoms with van der Waals surface area (Å²) in [5.74, 6) is -0.723. The van der Waals surface area contributed by atoms with E-state index in [1.807, 2.05) is 11.0 Å². The number of rotatable bonds is 6. The monoisotopic (exact) mass is 447 g/mol. The summed E-state index contributed by atoms with van der Waals surface area (Å²) in [6.07, 6.45) is -1.85. The number of aliphatic hydroxyl groups excluding tert-OH is 1. The third-order valence-corrected chi connectivity index (χ3v) is 5.05. The van der Waals surface area contributed by atoms with E-state index in [2.05, 4.69) is 26.7 Å². The number of halogens is 3. The van der Waals surface area contributed by atoms with Gasteiger partial charge < -0.3 is 20.1 Å². The van der Waals surface area contributed by atoms with Gasteiger partial charge in [-0.2, -0.15) is 5.10 Å². The van der Waals surface area contributed by atoms with E-state index < -0.39 is 12.5 Å². The molecule has 168 valence electrons. The Bertz CT molecular complexity index is 1140. The van der Waals surface area contributed by atoms with Crippen LogP contribution < -0.4 is 15.0 Å². The Hall–Kier alpha value is -3.60. The zero-order chi connectivity index (χ0) is 22.9. The SMILES string of the molecule is C=CC(=O)NCc1nn(-c2ccc(OC(F)(F)F)cc2)c2nccc(N3CC[C@H](O)C3)c12. The van der Waals surface area contributed by atoms with Crippen molar-refractivity contribution in [3.05, 3.63) is 54.9 Å². The minimum Gasteiger partial charge on any atom is -0.406 e. The number of aliphatic hydroxyl groups is 1. The van der Waals surface area contributed by atoms with Crippen molar-refractivity contribution in [2.24, 2.45) is 0 Å². The van der Waals surface area contributed by atoms with Crippen LogP contribution in [0.4, 0.5) is 18.9 Å². The standard InChI is InChI=1S/C21H20F3N5O3/c1-2-18(31)26-11-16-19-17(28-10-8-14(30)12-28)7-9-25-20(19)29(27-16)13-3-5-15(6-4-13)32-21(22,23)24/h2-7,9,14,30H,1,8,10-12H2,(H,26,31)/t14-/m0/s1. The van der Waals surface area contributed by atoms with Gasteiger partial charge in [0.15, 0.2) is 5.65 Å². The number of fused-ring (bicyclic) bond motifs is 1. The number of ether oxygens (including phenoxy) is 1. The highest BCUT2D eigenvalue weighted by Gasteiger charge is 2.31. The molecule has 0 radical (unpaired) electrons. The molecule has 11 heteroatoms. The fraction of sp³-hybridized carbons (Fsp3) is 0.286. The van der Waals surface area contributed by atoms with Crippen LogP contribution in [0, 0.1) is 0 Å². The summed E-state index contributed by atoms with van der Waals surface area (Å²) in [6, 6.07) is 7.07. The summed E-state index contributed by atoms with van der Waals surface area (Å²) >= 11 is 0. The van der Waals surface area contributed by atoms with Crippen LogP contribution in [-0.4, -0.2) is 51.3 Å². The number of hydrogen-bond acceptors (Lipinski definition) is 6. The molecule has 1 aromatic carbocycles. The van der Waals surface area contributed by atoms with Crippen LogP contribution in [0.3, 0.4) is 0 Å². The van der Waals surface area contributed by atoms with Gasteiger partial charge in [0.1, 0.15) is 5.75 Å². The number of alkyl halides is 3. The summed E-state index contributed by atoms with van der Waals surface area (Å²) < 4.78 is 42.8. The van der Waals surface area contributed by atoms with Gasteiger partial charge >= 0.3 is 6.36 Å². The highest BCUT2D eigenvalue weighted by molar-refractivity contribution is 5.94. The first-order chi connectivity index (χ1) is 15.2. The first kappa shape index (κ1) is 21.6. The van der Waals surface area contributed by atoms with E-state index in [4.69, 9.17) is 0 Å². The summed E-state index contributed by atoms with van der Waals surface area (Å²) in [5, 5.41) is 17.9. The lowest BCUT2D eigenvalue weighted by Gasteiger charge is -2.19. The van der Waals surface area contributed by atoms with E-state index in [1.165, 1.54) is 28.9 Å². The van der Waals surface area contributed by atoms with Crippen molar-refractivity contribution in [2.45, 2.75) is 25.4 Å². The third-order valence-electron chi connectivity index (χ3n) is 5.05. The Morgan fingerprint density at radius 1 is 1.31 bits per heavy atom. The van der Waals surface area contributed by atoms with Crippen molar-refractivity contribution in [1.82, 2.24) is 20.1 Å². The van der Waals surface area contributed by atoms with Crippen LogP contribution in [0.15, 0.2) is 49.2 Å². The molecule has 1 atom stereocenters. The van der Waals surface area contributed by atoms with E-state index in [0.717, 1.165) is 11.8 Å². The molecule has 32 heavy (non-hydrogen) atoms. The average Bonchev–Trinajstić information content (AvgIpc) is 3.35. The molecule has 1 aliphatic rings. The van der Waals surface area contributed by atoms with Crippen molar-refractivity contribution in [2.75, 3.05) is 18.0 Å². The van der Waals surface area contributed by atoms with Crippen molar-refractivity contribution in [1.29, 1.82) is 0 Å². The number of amides is 1. The summed E-state index contributed by atoms with van der Waals surface area (Å²) in [7, 11) is 0. The van der Waals surface area contributed by atoms with Gasteiger partial charge in [0.05, 0.1) is 35.1 Å². The molecule has 8 nitrogen and oxygen atoms in total. The van der Waals surface area contributed by atoms with Crippen LogP contribution in [0.5, 0.6) is 5.75 Å². The van der Waals surface area contributed by atoms with Gasteiger partial charge in [-0.1, -0.05) is 6.58 Å². The van der Waals surface area contributed by atoms with Crippen LogP contribution >= 0.6 is 0 Å². The lowest BCUT2D eigenvalue weighted by molar-refractivity contribution is -0.274. The molecule has 1 aliphatic heterocycles. The number of carbonyl (C=O) groups excluding carboxylic acids is 1. The van der Waals surface area contributed by atoms with Crippen molar-refractivity contribution < 1.29 is 27.8 Å². The second kappa shape index (κ2) is 8.50. The van der Waals surface area contributed by atoms with Crippen LogP contribution in [-0.2, 0) is 11.3 Å². The fourth-order valence-electron chi connectivity index (χ4n) is 3.66.